The summed E-state index contributed by atoms with van der Waals surface area (Å²) in [6.45, 7) is 3.47. The normalized spacial score (nSPS) is 15.0. The molecule has 0 radical (unpaired) electrons. The van der Waals surface area contributed by atoms with Crippen molar-refractivity contribution in [1.82, 2.24) is 14.9 Å². The molecule has 3 aromatic rings. The molecule has 2 aromatic carbocycles. The molecule has 9 heteroatoms. The van der Waals surface area contributed by atoms with Crippen LogP contribution in [-0.2, 0) is 0 Å². The molecule has 1 aromatic heterocycles. The van der Waals surface area contributed by atoms with Gasteiger partial charge in [0.15, 0.2) is 0 Å². The molecule has 0 aliphatic carbocycles. The van der Waals surface area contributed by atoms with Crippen LogP contribution in [0.5, 0.6) is 17.2 Å². The number of carboxylic acids is 1. The lowest BCUT2D eigenvalue weighted by atomic mass is 10.1. The third-order valence-corrected chi connectivity index (χ3v) is 5.04. The Morgan fingerprint density at radius 3 is 2.41 bits per heavy atom. The van der Waals surface area contributed by atoms with Crippen molar-refractivity contribution in [3.8, 4) is 17.2 Å². The van der Waals surface area contributed by atoms with Crippen molar-refractivity contribution in [2.45, 2.75) is 12.8 Å². The fourth-order valence-electron chi connectivity index (χ4n) is 3.55. The van der Waals surface area contributed by atoms with Crippen molar-refractivity contribution >= 4 is 34.3 Å². The number of benzene rings is 2. The molecule has 1 fully saturated rings. The molecule has 29 heavy (non-hydrogen) atoms. The molecular weight excluding hydrogens is 376 g/mol. The lowest BCUT2D eigenvalue weighted by molar-refractivity contribution is 0.0699. The molecule has 0 unspecified atom stereocenters. The predicted octanol–water partition coefficient (Wildman–Crippen LogP) is 2.11. The van der Waals surface area contributed by atoms with E-state index >= 15 is 0 Å². The van der Waals surface area contributed by atoms with Crippen LogP contribution in [-0.4, -0.2) is 73.7 Å². The topological polar surface area (TPSA) is 139 Å². The third kappa shape index (κ3) is 3.52. The van der Waals surface area contributed by atoms with Crippen LogP contribution in [0.3, 0.4) is 0 Å². The van der Waals surface area contributed by atoms with Gasteiger partial charge in [-0.25, -0.2) is 14.8 Å². The summed E-state index contributed by atoms with van der Waals surface area (Å²) in [4.78, 5) is 26.7. The smallest absolute Gasteiger partial charge is 0.337 e. The number of carboxylic acid groups (broad SMARTS) is 1. The number of likely N-dealkylation sites (tertiary alicyclic amines) is 1. The van der Waals surface area contributed by atoms with Gasteiger partial charge in [0.1, 0.15) is 39.3 Å². The minimum atomic E-state index is -1.23. The van der Waals surface area contributed by atoms with Gasteiger partial charge in [0.25, 0.3) is 0 Å². The second-order valence-electron chi connectivity index (χ2n) is 6.97. The van der Waals surface area contributed by atoms with E-state index < -0.39 is 5.97 Å². The average molecular weight is 396 g/mol. The first-order chi connectivity index (χ1) is 14.0. The van der Waals surface area contributed by atoms with Gasteiger partial charge in [0.2, 0.25) is 0 Å². The Morgan fingerprint density at radius 1 is 1.00 bits per heavy atom. The van der Waals surface area contributed by atoms with E-state index in [2.05, 4.69) is 19.9 Å². The van der Waals surface area contributed by atoms with Gasteiger partial charge in [-0.15, -0.1) is 0 Å². The number of carbonyl (C=O) groups is 1. The summed E-state index contributed by atoms with van der Waals surface area (Å²) in [5, 5.41) is 40.0. The Morgan fingerprint density at radius 2 is 1.69 bits per heavy atom. The highest BCUT2D eigenvalue weighted by Crippen LogP contribution is 2.35. The highest BCUT2D eigenvalue weighted by molar-refractivity contribution is 6.08. The minimum Gasteiger partial charge on any atom is -0.507 e. The Bertz CT molecular complexity index is 1140. The van der Waals surface area contributed by atoms with Crippen molar-refractivity contribution in [2.24, 2.45) is 4.99 Å². The maximum absolute atomic E-state index is 11.5. The van der Waals surface area contributed by atoms with E-state index in [4.69, 9.17) is 0 Å². The number of fused-ring (bicyclic) bond motifs is 2. The van der Waals surface area contributed by atoms with Crippen molar-refractivity contribution in [3.63, 3.8) is 0 Å². The van der Waals surface area contributed by atoms with E-state index in [0.717, 1.165) is 25.7 Å². The number of aromatic nitrogens is 2. The lowest BCUT2D eigenvalue weighted by Crippen LogP contribution is -2.22. The zero-order chi connectivity index (χ0) is 20.5. The van der Waals surface area contributed by atoms with Crippen molar-refractivity contribution in [1.29, 1.82) is 0 Å². The molecule has 9 nitrogen and oxygen atoms in total. The Hall–Kier alpha value is -3.46. The second kappa shape index (κ2) is 7.51. The zero-order valence-corrected chi connectivity index (χ0v) is 15.5. The number of aromatic hydroxyl groups is 3. The number of aromatic carboxylic acids is 1. The first kappa shape index (κ1) is 18.9. The zero-order valence-electron chi connectivity index (χ0n) is 15.5. The van der Waals surface area contributed by atoms with E-state index in [1.54, 1.807) is 0 Å². The van der Waals surface area contributed by atoms with Gasteiger partial charge in [-0.05, 0) is 38.1 Å². The summed E-state index contributed by atoms with van der Waals surface area (Å²) >= 11 is 0. The van der Waals surface area contributed by atoms with Gasteiger partial charge in [-0.1, -0.05) is 0 Å². The van der Waals surface area contributed by atoms with Gasteiger partial charge in [-0.3, -0.25) is 4.99 Å². The van der Waals surface area contributed by atoms with Crippen LogP contribution in [0.1, 0.15) is 28.8 Å². The monoisotopic (exact) mass is 396 g/mol. The van der Waals surface area contributed by atoms with E-state index in [9.17, 15) is 25.2 Å². The van der Waals surface area contributed by atoms with Gasteiger partial charge >= 0.3 is 5.97 Å². The first-order valence-corrected chi connectivity index (χ1v) is 9.29. The molecule has 0 saturated carbocycles. The van der Waals surface area contributed by atoms with Crippen molar-refractivity contribution < 1.29 is 25.2 Å². The van der Waals surface area contributed by atoms with Gasteiger partial charge in [0.05, 0.1) is 17.7 Å². The molecule has 150 valence electrons. The van der Waals surface area contributed by atoms with Crippen LogP contribution in [0.25, 0.3) is 22.1 Å². The van der Waals surface area contributed by atoms with Gasteiger partial charge in [0, 0.05) is 18.8 Å². The Labute approximate surface area is 165 Å². The number of hydrogen-bond donors (Lipinski definition) is 4. The van der Waals surface area contributed by atoms with Gasteiger partial charge in [-0.2, -0.15) is 0 Å². The van der Waals surface area contributed by atoms with E-state index in [1.807, 2.05) is 0 Å². The third-order valence-electron chi connectivity index (χ3n) is 5.04. The minimum absolute atomic E-state index is 0.0180. The summed E-state index contributed by atoms with van der Waals surface area (Å²) in [5.74, 6) is -2.06. The molecule has 1 aliphatic rings. The summed E-state index contributed by atoms with van der Waals surface area (Å²) in [5.41, 5.74) is 0.147. The largest absolute Gasteiger partial charge is 0.507 e. The molecule has 0 bridgehead atoms. The van der Waals surface area contributed by atoms with Crippen LogP contribution in [0.4, 0.5) is 0 Å². The maximum atomic E-state index is 11.5. The number of aliphatic imine (C=N–C) groups is 1. The number of nitrogens with zero attached hydrogens (tertiary/aromatic N) is 4. The van der Waals surface area contributed by atoms with Gasteiger partial charge < -0.3 is 25.3 Å². The quantitative estimate of drug-likeness (QED) is 0.380. The molecule has 4 rings (SSSR count). The lowest BCUT2D eigenvalue weighted by Gasteiger charge is -2.12. The van der Waals surface area contributed by atoms with Crippen LogP contribution in [0.15, 0.2) is 23.2 Å². The van der Waals surface area contributed by atoms with Crippen molar-refractivity contribution in [3.05, 3.63) is 29.3 Å². The van der Waals surface area contributed by atoms with Crippen LogP contribution in [0, 0.1) is 0 Å². The van der Waals surface area contributed by atoms with E-state index in [0.29, 0.717) is 6.54 Å². The molecule has 1 aliphatic heterocycles. The standard InChI is InChI=1S/C20H20N4O5/c25-13-4-3-11(20(28)29)16-18(13)23-17-12(14(26)9-15(27)19(17)22-16)10-21-5-8-24-6-1-2-7-24/h3-4,9-10,25-27H,1-2,5-8H2,(H,28,29)/b21-10+. The highest BCUT2D eigenvalue weighted by atomic mass is 16.4. The molecule has 4 N–H and O–H groups in total. The molecule has 2 heterocycles. The second-order valence-corrected chi connectivity index (χ2v) is 6.97. The Kier molecular flexibility index (Phi) is 4.89. The summed E-state index contributed by atoms with van der Waals surface area (Å²) in [7, 11) is 0. The number of hydrogen-bond acceptors (Lipinski definition) is 8. The number of phenols is 3. The van der Waals surface area contributed by atoms with Crippen molar-refractivity contribution in [2.75, 3.05) is 26.2 Å². The fourth-order valence-corrected chi connectivity index (χ4v) is 3.55. The SMILES string of the molecule is O=C(O)c1ccc(O)c2nc3c(/C=N/CCN4CCCC4)c(O)cc(O)c3nc12. The van der Waals surface area contributed by atoms with E-state index in [1.165, 1.54) is 31.2 Å². The number of rotatable bonds is 5. The average Bonchev–Trinajstić information content (AvgIpc) is 3.20. The molecule has 0 spiro atoms. The Balaban J connectivity index is 1.80. The molecular formula is C20H20N4O5. The number of phenolic OH excluding ortho intramolecular Hbond substituents is 3. The fraction of sp³-hybridized carbons (Fsp3) is 0.300. The van der Waals surface area contributed by atoms with E-state index in [-0.39, 0.29) is 50.4 Å². The van der Waals surface area contributed by atoms with Crippen LogP contribution < -0.4 is 0 Å². The first-order valence-electron chi connectivity index (χ1n) is 9.29. The van der Waals surface area contributed by atoms with Crippen LogP contribution >= 0.6 is 0 Å². The molecule has 0 atom stereocenters. The maximum Gasteiger partial charge on any atom is 0.337 e. The summed E-state index contributed by atoms with van der Waals surface area (Å²) in [6, 6.07) is 3.56. The molecule has 1 saturated heterocycles. The highest BCUT2D eigenvalue weighted by Gasteiger charge is 2.19. The summed E-state index contributed by atoms with van der Waals surface area (Å²) in [6.07, 6.45) is 3.85. The molecule has 0 amide bonds. The van der Waals surface area contributed by atoms with Crippen LogP contribution in [0.2, 0.25) is 0 Å². The summed E-state index contributed by atoms with van der Waals surface area (Å²) < 4.78 is 0. The predicted molar refractivity (Wildman–Crippen MR) is 107 cm³/mol.